The Bertz CT molecular complexity index is 369. The molecule has 20 heavy (non-hydrogen) atoms. The molecule has 0 amide bonds. The Kier molecular flexibility index (Phi) is 6.51. The number of aryl methyl sites for hydroxylation is 1. The van der Waals surface area contributed by atoms with Crippen molar-refractivity contribution < 1.29 is 5.11 Å². The smallest absolute Gasteiger partial charge is 0.0443 e. The number of aliphatic hydroxyl groups is 1. The molecule has 2 rings (SSSR count). The van der Waals surface area contributed by atoms with E-state index in [4.69, 9.17) is 5.11 Å². The zero-order chi connectivity index (χ0) is 14.2. The largest absolute Gasteiger partial charge is 0.396 e. The van der Waals surface area contributed by atoms with E-state index in [0.717, 1.165) is 45.7 Å². The van der Waals surface area contributed by atoms with Crippen molar-refractivity contribution in [3.05, 3.63) is 35.4 Å². The van der Waals surface area contributed by atoms with E-state index < -0.39 is 0 Å². The topological polar surface area (TPSA) is 26.7 Å². The van der Waals surface area contributed by atoms with Gasteiger partial charge >= 0.3 is 0 Å². The van der Waals surface area contributed by atoms with Crippen LogP contribution in [0.4, 0.5) is 0 Å². The summed E-state index contributed by atoms with van der Waals surface area (Å²) in [4.78, 5) is 4.99. The van der Waals surface area contributed by atoms with Crippen LogP contribution >= 0.6 is 0 Å². The maximum atomic E-state index is 8.87. The van der Waals surface area contributed by atoms with Crippen molar-refractivity contribution in [2.75, 3.05) is 39.3 Å². The molecule has 0 saturated carbocycles. The van der Waals surface area contributed by atoms with Crippen LogP contribution in [0.2, 0.25) is 0 Å². The molecule has 3 nitrogen and oxygen atoms in total. The molecule has 0 aliphatic carbocycles. The molecule has 3 heteroatoms. The highest BCUT2D eigenvalue weighted by molar-refractivity contribution is 5.22. The molecule has 1 aromatic rings. The lowest BCUT2D eigenvalue weighted by Crippen LogP contribution is -2.46. The van der Waals surface area contributed by atoms with Gasteiger partial charge in [-0.05, 0) is 24.0 Å². The number of rotatable bonds is 7. The summed E-state index contributed by atoms with van der Waals surface area (Å²) in [5, 5.41) is 8.87. The summed E-state index contributed by atoms with van der Waals surface area (Å²) >= 11 is 0. The molecule has 1 aliphatic heterocycles. The summed E-state index contributed by atoms with van der Waals surface area (Å²) < 4.78 is 0. The predicted octanol–water partition coefficient (Wildman–Crippen LogP) is 2.14. The highest BCUT2D eigenvalue weighted by atomic mass is 16.3. The molecule has 0 aromatic heterocycles. The minimum atomic E-state index is 0.310. The van der Waals surface area contributed by atoms with Crippen LogP contribution in [0.15, 0.2) is 24.3 Å². The third kappa shape index (κ3) is 4.89. The van der Waals surface area contributed by atoms with Crippen molar-refractivity contribution in [3.8, 4) is 0 Å². The van der Waals surface area contributed by atoms with Gasteiger partial charge in [0.05, 0.1) is 0 Å². The molecule has 0 bridgehead atoms. The van der Waals surface area contributed by atoms with Crippen LogP contribution in [0.3, 0.4) is 0 Å². The van der Waals surface area contributed by atoms with Crippen LogP contribution < -0.4 is 0 Å². The standard InChI is InChI=1S/C17H28N2O/c1-2-4-16-5-7-17(8-6-16)15-19-12-10-18(11-13-19)9-3-14-20/h5-8,20H,2-4,9-15H2,1H3. The van der Waals surface area contributed by atoms with Gasteiger partial charge in [0.1, 0.15) is 0 Å². The van der Waals surface area contributed by atoms with Crippen molar-refractivity contribution >= 4 is 0 Å². The van der Waals surface area contributed by atoms with Gasteiger partial charge < -0.3 is 10.0 Å². The molecule has 0 spiro atoms. The van der Waals surface area contributed by atoms with Gasteiger partial charge in [-0.1, -0.05) is 37.6 Å². The first kappa shape index (κ1) is 15.5. The van der Waals surface area contributed by atoms with E-state index in [1.165, 1.54) is 24.0 Å². The maximum absolute atomic E-state index is 8.87. The van der Waals surface area contributed by atoms with E-state index in [1.54, 1.807) is 0 Å². The fourth-order valence-electron chi connectivity index (χ4n) is 2.82. The highest BCUT2D eigenvalue weighted by Gasteiger charge is 2.16. The second-order valence-electron chi connectivity index (χ2n) is 5.76. The van der Waals surface area contributed by atoms with E-state index in [-0.39, 0.29) is 0 Å². The monoisotopic (exact) mass is 276 g/mol. The Balaban J connectivity index is 1.74. The summed E-state index contributed by atoms with van der Waals surface area (Å²) in [6.45, 7) is 9.19. The second kappa shape index (κ2) is 8.40. The molecular weight excluding hydrogens is 248 g/mol. The third-order valence-electron chi connectivity index (χ3n) is 4.07. The predicted molar refractivity (Wildman–Crippen MR) is 83.9 cm³/mol. The van der Waals surface area contributed by atoms with E-state index in [2.05, 4.69) is 41.0 Å². The number of benzene rings is 1. The lowest BCUT2D eigenvalue weighted by molar-refractivity contribution is 0.120. The lowest BCUT2D eigenvalue weighted by Gasteiger charge is -2.34. The number of aliphatic hydroxyl groups excluding tert-OH is 1. The third-order valence-corrected chi connectivity index (χ3v) is 4.07. The summed E-state index contributed by atoms with van der Waals surface area (Å²) in [6, 6.07) is 9.11. The minimum absolute atomic E-state index is 0.310. The van der Waals surface area contributed by atoms with E-state index >= 15 is 0 Å². The van der Waals surface area contributed by atoms with Crippen LogP contribution in [-0.4, -0.2) is 54.2 Å². The summed E-state index contributed by atoms with van der Waals surface area (Å²) in [5.41, 5.74) is 2.87. The number of hydrogen-bond donors (Lipinski definition) is 1. The SMILES string of the molecule is CCCc1ccc(CN2CCN(CCCO)CC2)cc1. The first-order valence-electron chi connectivity index (χ1n) is 7.95. The minimum Gasteiger partial charge on any atom is -0.396 e. The molecule has 1 saturated heterocycles. The molecule has 1 fully saturated rings. The summed E-state index contributed by atoms with van der Waals surface area (Å²) in [5.74, 6) is 0. The van der Waals surface area contributed by atoms with Crippen LogP contribution in [0.5, 0.6) is 0 Å². The highest BCUT2D eigenvalue weighted by Crippen LogP contribution is 2.11. The summed E-state index contributed by atoms with van der Waals surface area (Å²) in [7, 11) is 0. The van der Waals surface area contributed by atoms with Gasteiger partial charge in [-0.25, -0.2) is 0 Å². The molecule has 112 valence electrons. The normalized spacial score (nSPS) is 17.5. The van der Waals surface area contributed by atoms with Gasteiger partial charge in [0.25, 0.3) is 0 Å². The molecule has 0 atom stereocenters. The fraction of sp³-hybridized carbons (Fsp3) is 0.647. The first-order chi connectivity index (χ1) is 9.81. The zero-order valence-electron chi connectivity index (χ0n) is 12.7. The number of hydrogen-bond acceptors (Lipinski definition) is 3. The number of piperazine rings is 1. The van der Waals surface area contributed by atoms with Crippen LogP contribution in [-0.2, 0) is 13.0 Å². The zero-order valence-corrected chi connectivity index (χ0v) is 12.7. The Labute approximate surface area is 123 Å². The van der Waals surface area contributed by atoms with Crippen molar-refractivity contribution in [2.45, 2.75) is 32.7 Å². The second-order valence-corrected chi connectivity index (χ2v) is 5.76. The van der Waals surface area contributed by atoms with Crippen molar-refractivity contribution in [2.24, 2.45) is 0 Å². The number of nitrogens with zero attached hydrogens (tertiary/aromatic N) is 2. The Morgan fingerprint density at radius 1 is 0.950 bits per heavy atom. The fourth-order valence-corrected chi connectivity index (χ4v) is 2.82. The van der Waals surface area contributed by atoms with E-state index in [0.29, 0.717) is 6.61 Å². The molecular formula is C17H28N2O. The Morgan fingerprint density at radius 2 is 1.55 bits per heavy atom. The van der Waals surface area contributed by atoms with Crippen LogP contribution in [0.25, 0.3) is 0 Å². The average molecular weight is 276 g/mol. The average Bonchev–Trinajstić information content (AvgIpc) is 2.49. The van der Waals surface area contributed by atoms with E-state index in [9.17, 15) is 0 Å². The van der Waals surface area contributed by atoms with Gasteiger partial charge in [0.2, 0.25) is 0 Å². The van der Waals surface area contributed by atoms with Crippen molar-refractivity contribution in [1.29, 1.82) is 0 Å². The quantitative estimate of drug-likeness (QED) is 0.826. The van der Waals surface area contributed by atoms with Crippen molar-refractivity contribution in [3.63, 3.8) is 0 Å². The molecule has 0 radical (unpaired) electrons. The summed E-state index contributed by atoms with van der Waals surface area (Å²) in [6.07, 6.45) is 3.30. The van der Waals surface area contributed by atoms with Gasteiger partial charge in [-0.15, -0.1) is 0 Å². The van der Waals surface area contributed by atoms with Crippen LogP contribution in [0.1, 0.15) is 30.9 Å². The first-order valence-corrected chi connectivity index (χ1v) is 7.95. The molecule has 1 aromatic carbocycles. The van der Waals surface area contributed by atoms with Gasteiger partial charge in [0, 0.05) is 45.9 Å². The maximum Gasteiger partial charge on any atom is 0.0443 e. The Morgan fingerprint density at radius 3 is 2.15 bits per heavy atom. The van der Waals surface area contributed by atoms with E-state index in [1.807, 2.05) is 0 Å². The van der Waals surface area contributed by atoms with Gasteiger partial charge in [0.15, 0.2) is 0 Å². The van der Waals surface area contributed by atoms with Gasteiger partial charge in [-0.3, -0.25) is 4.90 Å². The molecule has 0 unspecified atom stereocenters. The molecule has 1 N–H and O–H groups in total. The van der Waals surface area contributed by atoms with Crippen molar-refractivity contribution in [1.82, 2.24) is 9.80 Å². The molecule has 1 heterocycles. The lowest BCUT2D eigenvalue weighted by atomic mass is 10.1. The van der Waals surface area contributed by atoms with Crippen LogP contribution in [0, 0.1) is 0 Å². The molecule has 1 aliphatic rings. The Hall–Kier alpha value is -0.900. The van der Waals surface area contributed by atoms with Gasteiger partial charge in [-0.2, -0.15) is 0 Å².